The maximum absolute atomic E-state index is 11.0. The summed E-state index contributed by atoms with van der Waals surface area (Å²) in [5.74, 6) is -1.81. The van der Waals surface area contributed by atoms with Crippen LogP contribution in [-0.4, -0.2) is 27.2 Å². The zero-order valence-electron chi connectivity index (χ0n) is 10.0. The summed E-state index contributed by atoms with van der Waals surface area (Å²) in [6.45, 7) is 1.68. The normalized spacial score (nSPS) is 11.8. The van der Waals surface area contributed by atoms with Gasteiger partial charge in [0.05, 0.1) is 9.82 Å². The van der Waals surface area contributed by atoms with Crippen molar-refractivity contribution in [3.05, 3.63) is 33.9 Å². The van der Waals surface area contributed by atoms with Gasteiger partial charge in [-0.25, -0.2) is 0 Å². The molecule has 0 saturated carbocycles. The van der Waals surface area contributed by atoms with Crippen LogP contribution in [0.3, 0.4) is 0 Å². The van der Waals surface area contributed by atoms with E-state index in [9.17, 15) is 19.7 Å². The third-order valence-corrected chi connectivity index (χ3v) is 3.77. The van der Waals surface area contributed by atoms with E-state index in [-0.39, 0.29) is 16.1 Å². The number of primary amides is 1. The number of carbonyl (C=O) groups excluding carboxylic acids is 1. The maximum atomic E-state index is 11.0. The molecule has 0 fully saturated rings. The molecule has 0 saturated heterocycles. The number of nitrogens with two attached hydrogens (primary N) is 1. The molecule has 0 bridgehead atoms. The number of carboxylic acids is 1. The number of nitrogens with zero attached hydrogens (tertiary/aromatic N) is 1. The molecule has 1 unspecified atom stereocenters. The molecular formula is C11H12N2O5S. The van der Waals surface area contributed by atoms with E-state index in [4.69, 9.17) is 10.8 Å². The van der Waals surface area contributed by atoms with E-state index in [1.165, 1.54) is 12.1 Å². The minimum Gasteiger partial charge on any atom is -0.480 e. The lowest BCUT2D eigenvalue weighted by Crippen LogP contribution is -2.15. The van der Waals surface area contributed by atoms with Crippen LogP contribution < -0.4 is 5.73 Å². The highest BCUT2D eigenvalue weighted by atomic mass is 32.2. The number of thioether (sulfide) groups is 1. The lowest BCUT2D eigenvalue weighted by atomic mass is 10.2. The molecule has 1 aromatic carbocycles. The lowest BCUT2D eigenvalue weighted by molar-refractivity contribution is -0.387. The Bertz CT molecular complexity index is 532. The smallest absolute Gasteiger partial charge is 0.316 e. The lowest BCUT2D eigenvalue weighted by Gasteiger charge is -2.09. The minimum absolute atomic E-state index is 0.0134. The van der Waals surface area contributed by atoms with E-state index in [1.54, 1.807) is 6.92 Å². The first kappa shape index (κ1) is 15.0. The third kappa shape index (κ3) is 3.68. The summed E-state index contributed by atoms with van der Waals surface area (Å²) in [5.41, 5.74) is 4.74. The van der Waals surface area contributed by atoms with E-state index < -0.39 is 22.0 Å². The molecule has 1 rings (SSSR count). The molecule has 0 spiro atoms. The van der Waals surface area contributed by atoms with Gasteiger partial charge in [-0.3, -0.25) is 19.7 Å². The van der Waals surface area contributed by atoms with Gasteiger partial charge in [-0.15, -0.1) is 11.8 Å². The number of benzene rings is 1. The number of aliphatic carboxylic acids is 1. The standard InChI is InChI=1S/C11H12N2O5S/c1-2-8(11(15)16)19-9-4-3-6(10(12)14)5-7(9)13(17)18/h3-5,8H,2H2,1H3,(H2,12,14)(H,15,16). The van der Waals surface area contributed by atoms with Gasteiger partial charge in [0.25, 0.3) is 5.69 Å². The number of rotatable bonds is 6. The quantitative estimate of drug-likeness (QED) is 0.465. The van der Waals surface area contributed by atoms with Crippen molar-refractivity contribution in [1.29, 1.82) is 0 Å². The molecule has 19 heavy (non-hydrogen) atoms. The Balaban J connectivity index is 3.16. The second kappa shape index (κ2) is 6.19. The topological polar surface area (TPSA) is 124 Å². The SMILES string of the molecule is CCC(Sc1ccc(C(N)=O)cc1[N+](=O)[O-])C(=O)O. The average Bonchev–Trinajstić information content (AvgIpc) is 2.35. The Labute approximate surface area is 112 Å². The van der Waals surface area contributed by atoms with Crippen LogP contribution >= 0.6 is 11.8 Å². The third-order valence-electron chi connectivity index (χ3n) is 2.36. The van der Waals surface area contributed by atoms with Gasteiger partial charge in [0.1, 0.15) is 5.25 Å². The predicted octanol–water partition coefficient (Wildman–Crippen LogP) is 1.65. The maximum Gasteiger partial charge on any atom is 0.316 e. The van der Waals surface area contributed by atoms with Crippen LogP contribution in [0.2, 0.25) is 0 Å². The fraction of sp³-hybridized carbons (Fsp3) is 0.273. The van der Waals surface area contributed by atoms with E-state index in [2.05, 4.69) is 0 Å². The second-order valence-electron chi connectivity index (χ2n) is 3.66. The van der Waals surface area contributed by atoms with E-state index in [0.29, 0.717) is 6.42 Å². The van der Waals surface area contributed by atoms with Gasteiger partial charge >= 0.3 is 5.97 Å². The molecule has 0 aliphatic heterocycles. The summed E-state index contributed by atoms with van der Waals surface area (Å²) in [4.78, 5) is 32.4. The van der Waals surface area contributed by atoms with Crippen LogP contribution in [0.5, 0.6) is 0 Å². The number of carboxylic acid groups (broad SMARTS) is 1. The summed E-state index contributed by atoms with van der Waals surface area (Å²) < 4.78 is 0. The number of hydrogen-bond donors (Lipinski definition) is 2. The van der Waals surface area contributed by atoms with Crippen LogP contribution in [0.1, 0.15) is 23.7 Å². The highest BCUT2D eigenvalue weighted by molar-refractivity contribution is 8.00. The first-order valence-electron chi connectivity index (χ1n) is 5.34. The van der Waals surface area contributed by atoms with Crippen LogP contribution in [-0.2, 0) is 4.79 Å². The summed E-state index contributed by atoms with van der Waals surface area (Å²) in [6.07, 6.45) is 0.328. The molecule has 3 N–H and O–H groups in total. The molecule has 0 aliphatic rings. The molecule has 1 atom stereocenters. The number of nitro benzene ring substituents is 1. The molecule has 7 nitrogen and oxygen atoms in total. The number of amides is 1. The highest BCUT2D eigenvalue weighted by Crippen LogP contribution is 2.34. The van der Waals surface area contributed by atoms with Crippen LogP contribution in [0.25, 0.3) is 0 Å². The summed E-state index contributed by atoms with van der Waals surface area (Å²) in [7, 11) is 0. The molecule has 0 radical (unpaired) electrons. The van der Waals surface area contributed by atoms with Crippen molar-refractivity contribution < 1.29 is 19.6 Å². The Kier molecular flexibility index (Phi) is 4.87. The van der Waals surface area contributed by atoms with Crippen molar-refractivity contribution in [2.45, 2.75) is 23.5 Å². The second-order valence-corrected chi connectivity index (χ2v) is 4.90. The largest absolute Gasteiger partial charge is 0.480 e. The van der Waals surface area contributed by atoms with Crippen LogP contribution in [0.15, 0.2) is 23.1 Å². The minimum atomic E-state index is -1.04. The first-order valence-corrected chi connectivity index (χ1v) is 6.22. The Hall–Kier alpha value is -2.09. The zero-order chi connectivity index (χ0) is 14.6. The van der Waals surface area contributed by atoms with Crippen molar-refractivity contribution in [3.63, 3.8) is 0 Å². The molecule has 102 valence electrons. The van der Waals surface area contributed by atoms with Crippen molar-refractivity contribution in [3.8, 4) is 0 Å². The number of hydrogen-bond acceptors (Lipinski definition) is 5. The van der Waals surface area contributed by atoms with E-state index >= 15 is 0 Å². The van der Waals surface area contributed by atoms with Crippen molar-refractivity contribution in [1.82, 2.24) is 0 Å². The molecule has 0 heterocycles. The number of carbonyl (C=O) groups is 2. The fourth-order valence-electron chi connectivity index (χ4n) is 1.37. The predicted molar refractivity (Wildman–Crippen MR) is 69.2 cm³/mol. The summed E-state index contributed by atoms with van der Waals surface area (Å²) in [5, 5.41) is 19.1. The van der Waals surface area contributed by atoms with Gasteiger partial charge < -0.3 is 10.8 Å². The van der Waals surface area contributed by atoms with Gasteiger partial charge in [0, 0.05) is 11.6 Å². The van der Waals surface area contributed by atoms with Gasteiger partial charge in [0.2, 0.25) is 5.91 Å². The van der Waals surface area contributed by atoms with Gasteiger partial charge in [0.15, 0.2) is 0 Å². The monoisotopic (exact) mass is 284 g/mol. The molecule has 1 amide bonds. The molecule has 0 aromatic heterocycles. The van der Waals surface area contributed by atoms with Crippen molar-refractivity contribution in [2.75, 3.05) is 0 Å². The van der Waals surface area contributed by atoms with Gasteiger partial charge in [-0.2, -0.15) is 0 Å². The Morgan fingerprint density at radius 2 is 2.16 bits per heavy atom. The summed E-state index contributed by atoms with van der Waals surface area (Å²) in [6, 6.07) is 3.74. The van der Waals surface area contributed by atoms with Crippen molar-refractivity contribution >= 4 is 29.3 Å². The number of nitro groups is 1. The molecule has 1 aromatic rings. The van der Waals surface area contributed by atoms with Crippen LogP contribution in [0.4, 0.5) is 5.69 Å². The van der Waals surface area contributed by atoms with Gasteiger partial charge in [-0.1, -0.05) is 6.92 Å². The average molecular weight is 284 g/mol. The molecule has 8 heteroatoms. The van der Waals surface area contributed by atoms with E-state index in [1.807, 2.05) is 0 Å². The van der Waals surface area contributed by atoms with E-state index in [0.717, 1.165) is 17.8 Å². The van der Waals surface area contributed by atoms with Crippen molar-refractivity contribution in [2.24, 2.45) is 5.73 Å². The Morgan fingerprint density at radius 3 is 2.58 bits per heavy atom. The Morgan fingerprint density at radius 1 is 1.53 bits per heavy atom. The van der Waals surface area contributed by atoms with Crippen LogP contribution in [0, 0.1) is 10.1 Å². The zero-order valence-corrected chi connectivity index (χ0v) is 10.8. The fourth-order valence-corrected chi connectivity index (χ4v) is 2.35. The van der Waals surface area contributed by atoms with Gasteiger partial charge in [-0.05, 0) is 18.6 Å². The molecular weight excluding hydrogens is 272 g/mol. The highest BCUT2D eigenvalue weighted by Gasteiger charge is 2.23. The summed E-state index contributed by atoms with van der Waals surface area (Å²) >= 11 is 0.879. The first-order chi connectivity index (χ1) is 8.86. The molecule has 0 aliphatic carbocycles.